The number of rotatable bonds is 5. The maximum atomic E-state index is 2.59. The molecule has 0 amide bonds. The molecule has 0 saturated carbocycles. The lowest BCUT2D eigenvalue weighted by atomic mass is 9.80. The minimum absolute atomic E-state index is 1.00. The fraction of sp³-hybridized carbons (Fsp3) is 0.118. The van der Waals surface area contributed by atoms with Crippen molar-refractivity contribution in [1.29, 1.82) is 0 Å². The Balaban J connectivity index is 1.15. The van der Waals surface area contributed by atoms with E-state index < -0.39 is 0 Å². The number of anilines is 5. The summed E-state index contributed by atoms with van der Waals surface area (Å²) in [7, 11) is 0. The van der Waals surface area contributed by atoms with E-state index in [9.17, 15) is 0 Å². The van der Waals surface area contributed by atoms with Gasteiger partial charge >= 0.3 is 0 Å². The van der Waals surface area contributed by atoms with Crippen molar-refractivity contribution in [1.82, 2.24) is 0 Å². The van der Waals surface area contributed by atoms with E-state index >= 15 is 0 Å². The van der Waals surface area contributed by atoms with Gasteiger partial charge in [-0.3, -0.25) is 0 Å². The van der Waals surface area contributed by atoms with Gasteiger partial charge in [0.2, 0.25) is 0 Å². The van der Waals surface area contributed by atoms with Gasteiger partial charge in [-0.15, -0.1) is 0 Å². The van der Waals surface area contributed by atoms with Crippen LogP contribution in [0.5, 0.6) is 0 Å². The first-order chi connectivity index (χ1) is 34.7. The smallest absolute Gasteiger partial charge is 0.0493 e. The minimum Gasteiger partial charge on any atom is -0.310 e. The summed E-state index contributed by atoms with van der Waals surface area (Å²) in [5, 5.41) is 7.52. The standard InChI is InChI=1S/C68H52N2/c1-2-17-46(18-3-1)59-41-51-24-4-5-25-52(51)42-60(59)68-58-40-38-53(69-63-29-12-7-20-47(63)33-34-48-21-8-13-30-64(48)69)43-61(58)67(56-28-16-26-45-19-6-11-27-55(45)56)57-39-37-54(44-62(57)68)70-65-31-14-9-22-49(65)35-36-50-23-10-15-32-66(50)70/h1-4,6-9,11-22,24,26-32,37-44H,5,10,23,25,33-36H2. The van der Waals surface area contributed by atoms with Gasteiger partial charge in [-0.05, 0) is 211 Å². The van der Waals surface area contributed by atoms with E-state index in [4.69, 9.17) is 0 Å². The molecule has 70 heavy (non-hydrogen) atoms. The molecule has 2 heteroatoms. The van der Waals surface area contributed by atoms with Crippen molar-refractivity contribution in [3.63, 3.8) is 0 Å². The molecule has 14 rings (SSSR count). The average Bonchev–Trinajstić information content (AvgIpc) is 3.70. The van der Waals surface area contributed by atoms with Gasteiger partial charge in [-0.25, -0.2) is 0 Å². The molecule has 2 nitrogen and oxygen atoms in total. The molecule has 0 saturated heterocycles. The van der Waals surface area contributed by atoms with Gasteiger partial charge in [-0.1, -0.05) is 158 Å². The number of hydrogen-bond donors (Lipinski definition) is 0. The molecule has 0 spiro atoms. The van der Waals surface area contributed by atoms with Gasteiger partial charge < -0.3 is 9.80 Å². The van der Waals surface area contributed by atoms with Crippen molar-refractivity contribution in [2.24, 2.45) is 0 Å². The molecule has 334 valence electrons. The third kappa shape index (κ3) is 6.69. The molecule has 0 atom stereocenters. The van der Waals surface area contributed by atoms with Crippen molar-refractivity contribution >= 4 is 66.8 Å². The Bertz CT molecular complexity index is 3800. The number of hydrogen-bond acceptors (Lipinski definition) is 2. The summed E-state index contributed by atoms with van der Waals surface area (Å²) >= 11 is 0. The molecule has 0 bridgehead atoms. The molecular weight excluding hydrogens is 845 g/mol. The van der Waals surface area contributed by atoms with Crippen LogP contribution in [0.1, 0.15) is 53.5 Å². The normalized spacial score (nSPS) is 15.0. The van der Waals surface area contributed by atoms with Crippen LogP contribution in [0.3, 0.4) is 0 Å². The lowest BCUT2D eigenvalue weighted by Crippen LogP contribution is -2.18. The monoisotopic (exact) mass is 896 g/mol. The molecule has 0 N–H and O–H groups in total. The first kappa shape index (κ1) is 40.8. The van der Waals surface area contributed by atoms with Crippen LogP contribution in [0, 0.1) is 0 Å². The molecule has 2 aliphatic heterocycles. The lowest BCUT2D eigenvalue weighted by molar-refractivity contribution is 0.833. The van der Waals surface area contributed by atoms with Crippen molar-refractivity contribution < 1.29 is 0 Å². The van der Waals surface area contributed by atoms with E-state index in [-0.39, 0.29) is 0 Å². The summed E-state index contributed by atoms with van der Waals surface area (Å²) in [6.45, 7) is 0. The van der Waals surface area contributed by atoms with Gasteiger partial charge in [0.05, 0.1) is 0 Å². The van der Waals surface area contributed by atoms with Crippen LogP contribution in [0.2, 0.25) is 0 Å². The molecule has 10 aromatic carbocycles. The van der Waals surface area contributed by atoms with Gasteiger partial charge in [-0.2, -0.15) is 0 Å². The lowest BCUT2D eigenvalue weighted by Gasteiger charge is -2.31. The first-order valence-electron chi connectivity index (χ1n) is 25.4. The summed E-state index contributed by atoms with van der Waals surface area (Å²) in [4.78, 5) is 5.13. The van der Waals surface area contributed by atoms with Crippen LogP contribution in [0.15, 0.2) is 224 Å². The number of fused-ring (bicyclic) bond motifs is 7. The molecule has 0 unspecified atom stereocenters. The van der Waals surface area contributed by atoms with E-state index in [1.807, 2.05) is 0 Å². The van der Waals surface area contributed by atoms with Crippen molar-refractivity contribution in [3.8, 4) is 33.4 Å². The molecule has 0 fully saturated rings. The van der Waals surface area contributed by atoms with Gasteiger partial charge in [0, 0.05) is 34.1 Å². The Morgan fingerprint density at radius 3 is 1.63 bits per heavy atom. The van der Waals surface area contributed by atoms with Crippen molar-refractivity contribution in [2.75, 3.05) is 9.80 Å². The number of allylic oxidation sites excluding steroid dienone is 4. The summed E-state index contributed by atoms with van der Waals surface area (Å²) in [6, 6.07) is 74.0. The third-order valence-electron chi connectivity index (χ3n) is 15.7. The van der Waals surface area contributed by atoms with Crippen molar-refractivity contribution in [3.05, 3.63) is 251 Å². The predicted octanol–water partition coefficient (Wildman–Crippen LogP) is 18.4. The Hall–Kier alpha value is -8.20. The van der Waals surface area contributed by atoms with E-state index in [1.54, 1.807) is 5.57 Å². The first-order valence-corrected chi connectivity index (χ1v) is 25.4. The van der Waals surface area contributed by atoms with Crippen LogP contribution in [0.25, 0.3) is 71.8 Å². The van der Waals surface area contributed by atoms with Gasteiger partial charge in [0.1, 0.15) is 0 Å². The maximum Gasteiger partial charge on any atom is 0.0493 e. The highest BCUT2D eigenvalue weighted by Crippen LogP contribution is 2.52. The fourth-order valence-electron chi connectivity index (χ4n) is 12.4. The third-order valence-corrected chi connectivity index (χ3v) is 15.7. The highest BCUT2D eigenvalue weighted by molar-refractivity contribution is 6.25. The second kappa shape index (κ2) is 16.8. The van der Waals surface area contributed by atoms with Crippen LogP contribution in [-0.4, -0.2) is 0 Å². The Kier molecular flexibility index (Phi) is 9.79. The highest BCUT2D eigenvalue weighted by Gasteiger charge is 2.29. The topological polar surface area (TPSA) is 6.48 Å². The van der Waals surface area contributed by atoms with Crippen molar-refractivity contribution in [2.45, 2.75) is 51.4 Å². The van der Waals surface area contributed by atoms with Gasteiger partial charge in [0.15, 0.2) is 0 Å². The average molecular weight is 897 g/mol. The number of benzene rings is 10. The highest BCUT2D eigenvalue weighted by atomic mass is 15.2. The van der Waals surface area contributed by atoms with Crippen LogP contribution in [0.4, 0.5) is 28.4 Å². The van der Waals surface area contributed by atoms with Crippen LogP contribution < -0.4 is 9.80 Å². The summed E-state index contributed by atoms with van der Waals surface area (Å²) in [6.07, 6.45) is 17.9. The number of para-hydroxylation sites is 3. The quantitative estimate of drug-likeness (QED) is 0.159. The maximum absolute atomic E-state index is 2.59. The summed E-state index contributed by atoms with van der Waals surface area (Å²) < 4.78 is 0. The molecule has 2 aliphatic carbocycles. The van der Waals surface area contributed by atoms with Crippen LogP contribution in [-0.2, 0) is 25.7 Å². The summed E-state index contributed by atoms with van der Waals surface area (Å²) in [5.74, 6) is 0. The minimum atomic E-state index is 1.00. The van der Waals surface area contributed by atoms with E-state index in [0.717, 1.165) is 51.4 Å². The Morgan fingerprint density at radius 1 is 0.329 bits per heavy atom. The number of nitrogens with zero attached hydrogens (tertiary/aromatic N) is 2. The molecule has 0 radical (unpaired) electrons. The molecule has 4 aliphatic rings. The SMILES string of the molecule is C1=CC2=C(CC1)CCc1ccccc1N2c1ccc2c(-c3cccc4ccccc34)c3cc(N4c5ccccc5CCc5ccccc54)ccc3c(-c3cc4c(cc3-c3ccccc3)C=CCC4)c2c1. The Labute approximate surface area is 410 Å². The predicted molar refractivity (Wildman–Crippen MR) is 297 cm³/mol. The zero-order valence-electron chi connectivity index (χ0n) is 39.3. The zero-order valence-corrected chi connectivity index (χ0v) is 39.3. The Morgan fingerprint density at radius 2 is 0.900 bits per heavy atom. The number of aryl methyl sites for hydroxylation is 4. The second-order valence-electron chi connectivity index (χ2n) is 19.6. The summed E-state index contributed by atoms with van der Waals surface area (Å²) in [5.41, 5.74) is 23.5. The zero-order chi connectivity index (χ0) is 46.1. The second-order valence-corrected chi connectivity index (χ2v) is 19.6. The van der Waals surface area contributed by atoms with Crippen LogP contribution >= 0.6 is 0 Å². The molecular formula is C68H52N2. The van der Waals surface area contributed by atoms with E-state index in [0.29, 0.717) is 0 Å². The molecule has 0 aromatic heterocycles. The fourth-order valence-corrected chi connectivity index (χ4v) is 12.4. The largest absolute Gasteiger partial charge is 0.310 e. The van der Waals surface area contributed by atoms with Gasteiger partial charge in [0.25, 0.3) is 0 Å². The molecule has 10 aromatic rings. The van der Waals surface area contributed by atoms with E-state index in [1.165, 1.54) is 128 Å². The molecule has 2 heterocycles. The van der Waals surface area contributed by atoms with E-state index in [2.05, 4.69) is 228 Å².